The minimum Gasteiger partial charge on any atom is -0.480 e. The second-order valence-electron chi connectivity index (χ2n) is 4.28. The highest BCUT2D eigenvalue weighted by molar-refractivity contribution is 7.99. The number of carboxylic acid groups (broad SMARTS) is 2. The van der Waals surface area contributed by atoms with Gasteiger partial charge in [-0.05, 0) is 26.0 Å². The topological polar surface area (TPSA) is 114 Å². The molecule has 1 aromatic rings. The molecule has 0 spiro atoms. The van der Waals surface area contributed by atoms with Crippen LogP contribution < -0.4 is 5.73 Å². The van der Waals surface area contributed by atoms with Crippen molar-refractivity contribution < 1.29 is 24.2 Å². The Kier molecular flexibility index (Phi) is 4.42. The van der Waals surface area contributed by atoms with E-state index < -0.39 is 22.7 Å². The molecule has 0 aliphatic rings. The number of thioether (sulfide) groups is 1. The van der Waals surface area contributed by atoms with Crippen LogP contribution in [0.4, 0.5) is 0 Å². The summed E-state index contributed by atoms with van der Waals surface area (Å²) in [5.74, 6) is -1.50. The number of nitrogens with two attached hydrogens (primary N) is 1. The molecule has 18 heavy (non-hydrogen) atoms. The Morgan fingerprint density at radius 1 is 1.44 bits per heavy atom. The van der Waals surface area contributed by atoms with E-state index in [0.29, 0.717) is 11.5 Å². The number of aliphatic carboxylic acids is 1. The smallest absolute Gasteiger partial charge is 0.371 e. The van der Waals surface area contributed by atoms with Gasteiger partial charge in [0.2, 0.25) is 5.76 Å². The van der Waals surface area contributed by atoms with Gasteiger partial charge in [0.25, 0.3) is 0 Å². The summed E-state index contributed by atoms with van der Waals surface area (Å²) in [7, 11) is 0. The van der Waals surface area contributed by atoms with Gasteiger partial charge in [-0.3, -0.25) is 4.79 Å². The first-order valence-electron chi connectivity index (χ1n) is 5.18. The quantitative estimate of drug-likeness (QED) is 0.717. The van der Waals surface area contributed by atoms with Gasteiger partial charge in [0, 0.05) is 4.75 Å². The molecule has 0 aliphatic heterocycles. The number of carboxylic acids is 2. The fourth-order valence-electron chi connectivity index (χ4n) is 1.21. The SMILES string of the molecule is CC(C)(SCc1ccc(C(=O)O)o1)[C@H](N)C(=O)O. The van der Waals surface area contributed by atoms with E-state index in [1.165, 1.54) is 17.8 Å². The molecule has 6 nitrogen and oxygen atoms in total. The van der Waals surface area contributed by atoms with Gasteiger partial charge < -0.3 is 20.4 Å². The second-order valence-corrected chi connectivity index (χ2v) is 5.91. The van der Waals surface area contributed by atoms with Crippen molar-refractivity contribution in [3.63, 3.8) is 0 Å². The van der Waals surface area contributed by atoms with Gasteiger partial charge in [-0.1, -0.05) is 0 Å². The van der Waals surface area contributed by atoms with Crippen LogP contribution >= 0.6 is 11.8 Å². The Balaban J connectivity index is 2.63. The van der Waals surface area contributed by atoms with Crippen LogP contribution in [0.3, 0.4) is 0 Å². The first kappa shape index (κ1) is 14.6. The van der Waals surface area contributed by atoms with E-state index in [4.69, 9.17) is 20.4 Å². The molecule has 0 unspecified atom stereocenters. The molecular formula is C11H15NO5S. The Morgan fingerprint density at radius 2 is 2.06 bits per heavy atom. The predicted octanol–water partition coefficient (Wildman–Crippen LogP) is 1.40. The van der Waals surface area contributed by atoms with Crippen molar-refractivity contribution in [2.24, 2.45) is 5.73 Å². The predicted molar refractivity (Wildman–Crippen MR) is 66.7 cm³/mol. The van der Waals surface area contributed by atoms with Gasteiger partial charge in [-0.15, -0.1) is 11.8 Å². The van der Waals surface area contributed by atoms with Crippen molar-refractivity contribution in [1.82, 2.24) is 0 Å². The molecule has 1 atom stereocenters. The highest BCUT2D eigenvalue weighted by atomic mass is 32.2. The number of hydrogen-bond donors (Lipinski definition) is 3. The molecule has 0 bridgehead atoms. The van der Waals surface area contributed by atoms with Crippen molar-refractivity contribution in [3.8, 4) is 0 Å². The van der Waals surface area contributed by atoms with Crippen molar-refractivity contribution >= 4 is 23.7 Å². The zero-order valence-corrected chi connectivity index (χ0v) is 10.9. The first-order valence-corrected chi connectivity index (χ1v) is 6.17. The Labute approximate surface area is 108 Å². The summed E-state index contributed by atoms with van der Waals surface area (Å²) in [6.07, 6.45) is 0. The molecule has 0 fully saturated rings. The molecule has 1 rings (SSSR count). The number of aromatic carboxylic acids is 1. The number of rotatable bonds is 6. The molecule has 1 aromatic heterocycles. The molecule has 0 amide bonds. The van der Waals surface area contributed by atoms with Crippen LogP contribution in [0.25, 0.3) is 0 Å². The summed E-state index contributed by atoms with van der Waals surface area (Å²) in [6, 6.07) is 1.91. The molecule has 0 saturated carbocycles. The maximum atomic E-state index is 10.8. The zero-order chi connectivity index (χ0) is 13.9. The number of furan rings is 1. The third-order valence-corrected chi connectivity index (χ3v) is 3.90. The minimum atomic E-state index is -1.13. The van der Waals surface area contributed by atoms with E-state index >= 15 is 0 Å². The maximum absolute atomic E-state index is 10.8. The fourth-order valence-corrected chi connectivity index (χ4v) is 2.16. The van der Waals surface area contributed by atoms with Crippen LogP contribution in [0.15, 0.2) is 16.5 Å². The lowest BCUT2D eigenvalue weighted by atomic mass is 10.1. The molecule has 0 saturated heterocycles. The summed E-state index contributed by atoms with van der Waals surface area (Å²) in [5, 5.41) is 17.5. The third-order valence-electron chi connectivity index (χ3n) is 2.47. The van der Waals surface area contributed by atoms with Gasteiger partial charge in [-0.25, -0.2) is 4.79 Å². The highest BCUT2D eigenvalue weighted by Gasteiger charge is 2.32. The largest absolute Gasteiger partial charge is 0.480 e. The van der Waals surface area contributed by atoms with Crippen LogP contribution in [0.1, 0.15) is 30.2 Å². The average Bonchev–Trinajstić information content (AvgIpc) is 2.74. The van der Waals surface area contributed by atoms with E-state index in [1.807, 2.05) is 0 Å². The average molecular weight is 273 g/mol. The highest BCUT2D eigenvalue weighted by Crippen LogP contribution is 2.31. The molecular weight excluding hydrogens is 258 g/mol. The van der Waals surface area contributed by atoms with Gasteiger partial charge in [0.05, 0.1) is 5.75 Å². The lowest BCUT2D eigenvalue weighted by molar-refractivity contribution is -0.139. The standard InChI is InChI=1S/C11H15NO5S/c1-11(2,8(12)10(15)16)18-5-6-3-4-7(17-6)9(13)14/h3-4,8H,5,12H2,1-2H3,(H,13,14)(H,15,16)/t8-/m1/s1. The zero-order valence-electron chi connectivity index (χ0n) is 10.0. The Bertz CT molecular complexity index is 454. The van der Waals surface area contributed by atoms with E-state index in [1.54, 1.807) is 19.9 Å². The van der Waals surface area contributed by atoms with Crippen LogP contribution in [-0.4, -0.2) is 32.9 Å². The Morgan fingerprint density at radius 3 is 2.50 bits per heavy atom. The van der Waals surface area contributed by atoms with Crippen molar-refractivity contribution in [3.05, 3.63) is 23.7 Å². The van der Waals surface area contributed by atoms with E-state index in [-0.39, 0.29) is 5.76 Å². The minimum absolute atomic E-state index is 0.133. The monoisotopic (exact) mass is 273 g/mol. The molecule has 7 heteroatoms. The summed E-state index contributed by atoms with van der Waals surface area (Å²) >= 11 is 1.30. The van der Waals surface area contributed by atoms with E-state index in [2.05, 4.69) is 0 Å². The summed E-state index contributed by atoms with van der Waals surface area (Å²) in [6.45, 7) is 3.44. The van der Waals surface area contributed by atoms with Crippen molar-refractivity contribution in [2.45, 2.75) is 30.4 Å². The molecule has 0 radical (unpaired) electrons. The third kappa shape index (κ3) is 3.51. The number of hydrogen-bond acceptors (Lipinski definition) is 5. The summed E-state index contributed by atoms with van der Waals surface area (Å²) in [5.41, 5.74) is 5.57. The fraction of sp³-hybridized carbons (Fsp3) is 0.455. The van der Waals surface area contributed by atoms with Gasteiger partial charge in [-0.2, -0.15) is 0 Å². The molecule has 0 aliphatic carbocycles. The van der Waals surface area contributed by atoms with Crippen molar-refractivity contribution in [2.75, 3.05) is 0 Å². The summed E-state index contributed by atoms with van der Waals surface area (Å²) < 4.78 is 4.39. The van der Waals surface area contributed by atoms with Gasteiger partial charge in [0.15, 0.2) is 0 Å². The molecule has 1 heterocycles. The van der Waals surface area contributed by atoms with Crippen molar-refractivity contribution in [1.29, 1.82) is 0 Å². The molecule has 100 valence electrons. The Hall–Kier alpha value is -1.47. The molecule has 4 N–H and O–H groups in total. The summed E-state index contributed by atoms with van der Waals surface area (Å²) in [4.78, 5) is 21.4. The maximum Gasteiger partial charge on any atom is 0.371 e. The van der Waals surface area contributed by atoms with Gasteiger partial charge >= 0.3 is 11.9 Å². The number of carbonyl (C=O) groups is 2. The van der Waals surface area contributed by atoms with Gasteiger partial charge in [0.1, 0.15) is 11.8 Å². The lowest BCUT2D eigenvalue weighted by Crippen LogP contribution is -2.46. The lowest BCUT2D eigenvalue weighted by Gasteiger charge is -2.27. The van der Waals surface area contributed by atoms with E-state index in [0.717, 1.165) is 0 Å². The van der Waals surface area contributed by atoms with Crippen LogP contribution in [0.5, 0.6) is 0 Å². The van der Waals surface area contributed by atoms with Crippen LogP contribution in [0, 0.1) is 0 Å². The second kappa shape index (κ2) is 5.45. The normalized spacial score (nSPS) is 13.3. The van der Waals surface area contributed by atoms with E-state index in [9.17, 15) is 9.59 Å². The molecule has 0 aromatic carbocycles. The van der Waals surface area contributed by atoms with Crippen LogP contribution in [0.2, 0.25) is 0 Å². The first-order chi connectivity index (χ1) is 8.24. The van der Waals surface area contributed by atoms with Crippen LogP contribution in [-0.2, 0) is 10.5 Å².